The predicted octanol–water partition coefficient (Wildman–Crippen LogP) is 5.70. The number of nitrogens with zero attached hydrogens (tertiary/aromatic N) is 3. The Labute approximate surface area is 162 Å². The van der Waals surface area contributed by atoms with Crippen LogP contribution in [0.1, 0.15) is 11.1 Å². The summed E-state index contributed by atoms with van der Waals surface area (Å²) in [6.45, 7) is 2.06. The summed E-state index contributed by atoms with van der Waals surface area (Å²) in [7, 11) is 0. The van der Waals surface area contributed by atoms with E-state index in [2.05, 4.69) is 28.5 Å². The molecule has 4 aromatic rings. The molecule has 4 rings (SSSR count). The van der Waals surface area contributed by atoms with E-state index in [-0.39, 0.29) is 0 Å². The van der Waals surface area contributed by atoms with Gasteiger partial charge in [-0.3, -0.25) is 0 Å². The monoisotopic (exact) mass is 372 g/mol. The molecule has 0 unspecified atom stereocenters. The number of fused-ring (bicyclic) bond motifs is 1. The lowest BCUT2D eigenvalue weighted by Crippen LogP contribution is -2.00. The molecule has 0 saturated carbocycles. The molecule has 0 aliphatic rings. The Morgan fingerprint density at radius 1 is 0.926 bits per heavy atom. The summed E-state index contributed by atoms with van der Waals surface area (Å²) in [6.07, 6.45) is 1.66. The van der Waals surface area contributed by atoms with E-state index in [1.165, 1.54) is 5.56 Å². The minimum atomic E-state index is 0.438. The Hall–Kier alpha value is -3.24. The molecule has 0 radical (unpaired) electrons. The van der Waals surface area contributed by atoms with E-state index in [1.54, 1.807) is 6.21 Å². The smallest absolute Gasteiger partial charge is 0.244 e. The molecule has 1 aromatic heterocycles. The van der Waals surface area contributed by atoms with E-state index < -0.39 is 0 Å². The zero-order valence-corrected chi connectivity index (χ0v) is 15.5. The van der Waals surface area contributed by atoms with Gasteiger partial charge in [-0.1, -0.05) is 71.8 Å². The first-order valence-corrected chi connectivity index (χ1v) is 8.96. The zero-order valence-electron chi connectivity index (χ0n) is 14.7. The number of hydrazone groups is 1. The van der Waals surface area contributed by atoms with Crippen LogP contribution in [-0.2, 0) is 0 Å². The van der Waals surface area contributed by atoms with Gasteiger partial charge in [0.1, 0.15) is 0 Å². The average molecular weight is 373 g/mol. The first-order chi connectivity index (χ1) is 13.2. The van der Waals surface area contributed by atoms with Gasteiger partial charge in [0.15, 0.2) is 0 Å². The third-order valence-corrected chi connectivity index (χ3v) is 4.52. The van der Waals surface area contributed by atoms with Gasteiger partial charge < -0.3 is 0 Å². The average Bonchev–Trinajstić information content (AvgIpc) is 2.70. The highest BCUT2D eigenvalue weighted by molar-refractivity contribution is 6.33. The van der Waals surface area contributed by atoms with Crippen LogP contribution < -0.4 is 5.43 Å². The highest BCUT2D eigenvalue weighted by atomic mass is 35.5. The van der Waals surface area contributed by atoms with Crippen LogP contribution in [0.15, 0.2) is 77.9 Å². The van der Waals surface area contributed by atoms with Crippen LogP contribution in [-0.4, -0.2) is 16.2 Å². The molecule has 0 aliphatic heterocycles. The van der Waals surface area contributed by atoms with Gasteiger partial charge in [0.2, 0.25) is 5.95 Å². The van der Waals surface area contributed by atoms with Gasteiger partial charge in [-0.05, 0) is 25.1 Å². The first-order valence-electron chi connectivity index (χ1n) is 8.58. The third-order valence-electron chi connectivity index (χ3n) is 4.17. The van der Waals surface area contributed by atoms with Crippen molar-refractivity contribution in [2.45, 2.75) is 6.92 Å². The Morgan fingerprint density at radius 2 is 1.70 bits per heavy atom. The zero-order chi connectivity index (χ0) is 18.6. The molecule has 0 bridgehead atoms. The lowest BCUT2D eigenvalue weighted by Gasteiger charge is -2.09. The molecule has 27 heavy (non-hydrogen) atoms. The molecule has 0 spiro atoms. The number of halogens is 1. The third kappa shape index (κ3) is 3.81. The standard InChI is InChI=1S/C22H17ClN4/c1-15-11-12-20-18(13-15)21(16-7-3-2-4-8-16)26-22(25-20)27-24-14-17-9-5-6-10-19(17)23/h2-14H,1H3,(H,25,26,27)/b24-14-. The van der Waals surface area contributed by atoms with Crippen LogP contribution in [0, 0.1) is 6.92 Å². The molecule has 1 N–H and O–H groups in total. The normalized spacial score (nSPS) is 11.2. The Morgan fingerprint density at radius 3 is 2.52 bits per heavy atom. The fourth-order valence-corrected chi connectivity index (χ4v) is 3.03. The molecule has 5 heteroatoms. The van der Waals surface area contributed by atoms with E-state index >= 15 is 0 Å². The summed E-state index contributed by atoms with van der Waals surface area (Å²) >= 11 is 6.15. The largest absolute Gasteiger partial charge is 0.245 e. The summed E-state index contributed by atoms with van der Waals surface area (Å²) in [5.74, 6) is 0.438. The number of aromatic nitrogens is 2. The first kappa shape index (κ1) is 17.2. The number of anilines is 1. The minimum absolute atomic E-state index is 0.438. The molecule has 1 heterocycles. The van der Waals surface area contributed by atoms with Gasteiger partial charge >= 0.3 is 0 Å². The lowest BCUT2D eigenvalue weighted by molar-refractivity contribution is 1.15. The fraction of sp³-hybridized carbons (Fsp3) is 0.0455. The number of nitrogens with one attached hydrogen (secondary N) is 1. The summed E-state index contributed by atoms with van der Waals surface area (Å²) in [5.41, 5.74) is 7.69. The Balaban J connectivity index is 1.74. The minimum Gasteiger partial charge on any atom is -0.245 e. The van der Waals surface area contributed by atoms with E-state index in [4.69, 9.17) is 16.6 Å². The number of rotatable bonds is 4. The van der Waals surface area contributed by atoms with Crippen LogP contribution in [0.2, 0.25) is 5.02 Å². The summed E-state index contributed by atoms with van der Waals surface area (Å²) in [6, 6.07) is 23.7. The number of hydrogen-bond donors (Lipinski definition) is 1. The van der Waals surface area contributed by atoms with E-state index in [1.807, 2.05) is 66.7 Å². The molecule has 0 fully saturated rings. The molecule has 0 amide bonds. The second-order valence-corrected chi connectivity index (χ2v) is 6.58. The SMILES string of the molecule is Cc1ccc2nc(N/N=C\c3ccccc3Cl)nc(-c3ccccc3)c2c1. The highest BCUT2D eigenvalue weighted by Gasteiger charge is 2.10. The van der Waals surface area contributed by atoms with E-state index in [0.29, 0.717) is 11.0 Å². The van der Waals surface area contributed by atoms with Crippen molar-refractivity contribution >= 4 is 34.7 Å². The fourth-order valence-electron chi connectivity index (χ4n) is 2.85. The summed E-state index contributed by atoms with van der Waals surface area (Å²) in [4.78, 5) is 9.28. The van der Waals surface area contributed by atoms with Gasteiger partial charge in [-0.15, -0.1) is 0 Å². The van der Waals surface area contributed by atoms with Crippen molar-refractivity contribution in [3.63, 3.8) is 0 Å². The molecule has 0 aliphatic carbocycles. The van der Waals surface area contributed by atoms with Crippen LogP contribution in [0.3, 0.4) is 0 Å². The van der Waals surface area contributed by atoms with Gasteiger partial charge in [-0.2, -0.15) is 5.10 Å². The van der Waals surface area contributed by atoms with Crippen LogP contribution >= 0.6 is 11.6 Å². The predicted molar refractivity (Wildman–Crippen MR) is 112 cm³/mol. The molecule has 0 atom stereocenters. The van der Waals surface area contributed by atoms with Crippen molar-refractivity contribution in [1.29, 1.82) is 0 Å². The van der Waals surface area contributed by atoms with Crippen molar-refractivity contribution in [3.8, 4) is 11.3 Å². The molecule has 4 nitrogen and oxygen atoms in total. The van der Waals surface area contributed by atoms with Crippen molar-refractivity contribution in [3.05, 3.63) is 88.9 Å². The highest BCUT2D eigenvalue weighted by Crippen LogP contribution is 2.28. The molecular formula is C22H17ClN4. The van der Waals surface area contributed by atoms with Crippen molar-refractivity contribution in [2.24, 2.45) is 5.10 Å². The summed E-state index contributed by atoms with van der Waals surface area (Å²) < 4.78 is 0. The maximum Gasteiger partial charge on any atom is 0.244 e. The van der Waals surface area contributed by atoms with Gasteiger partial charge in [0.25, 0.3) is 0 Å². The Bertz CT molecular complexity index is 1120. The second-order valence-electron chi connectivity index (χ2n) is 6.17. The summed E-state index contributed by atoms with van der Waals surface area (Å²) in [5, 5.41) is 5.90. The number of benzene rings is 3. The maximum absolute atomic E-state index is 6.15. The molecule has 0 saturated heterocycles. The topological polar surface area (TPSA) is 50.2 Å². The van der Waals surface area contributed by atoms with Gasteiger partial charge in [-0.25, -0.2) is 15.4 Å². The number of aryl methyl sites for hydroxylation is 1. The quantitative estimate of drug-likeness (QED) is 0.369. The van der Waals surface area contributed by atoms with Gasteiger partial charge in [0, 0.05) is 21.5 Å². The second kappa shape index (κ2) is 7.56. The molecule has 3 aromatic carbocycles. The van der Waals surface area contributed by atoms with Crippen LogP contribution in [0.4, 0.5) is 5.95 Å². The van der Waals surface area contributed by atoms with Crippen molar-refractivity contribution < 1.29 is 0 Å². The van der Waals surface area contributed by atoms with Gasteiger partial charge in [0.05, 0.1) is 17.4 Å². The van der Waals surface area contributed by atoms with E-state index in [9.17, 15) is 0 Å². The van der Waals surface area contributed by atoms with Crippen LogP contribution in [0.25, 0.3) is 22.2 Å². The van der Waals surface area contributed by atoms with E-state index in [0.717, 1.165) is 27.7 Å². The van der Waals surface area contributed by atoms with Crippen LogP contribution in [0.5, 0.6) is 0 Å². The molecular weight excluding hydrogens is 356 g/mol. The Kier molecular flexibility index (Phi) is 4.81. The van der Waals surface area contributed by atoms with Crippen molar-refractivity contribution in [1.82, 2.24) is 9.97 Å². The molecule has 132 valence electrons. The maximum atomic E-state index is 6.15. The number of hydrogen-bond acceptors (Lipinski definition) is 4. The lowest BCUT2D eigenvalue weighted by atomic mass is 10.0. The van der Waals surface area contributed by atoms with Crippen molar-refractivity contribution in [2.75, 3.05) is 5.43 Å².